The number of rotatable bonds is 7. The van der Waals surface area contributed by atoms with Gasteiger partial charge in [-0.2, -0.15) is 18.2 Å². The van der Waals surface area contributed by atoms with Gasteiger partial charge >= 0.3 is 24.6 Å². The number of hydrogen-bond acceptors (Lipinski definition) is 9. The second-order valence-electron chi connectivity index (χ2n) is 8.89. The number of aromatic nitrogens is 5. The Morgan fingerprint density at radius 3 is 2.38 bits per heavy atom. The van der Waals surface area contributed by atoms with Crippen LogP contribution in [-0.2, 0) is 6.54 Å². The Bertz CT molecular complexity index is 1230. The van der Waals surface area contributed by atoms with Crippen molar-refractivity contribution in [2.75, 3.05) is 23.3 Å². The van der Waals surface area contributed by atoms with Crippen LogP contribution in [0.1, 0.15) is 18.7 Å². The number of piperidine rings is 1. The number of nitrogens with zero attached hydrogens (tertiary/aromatic N) is 6. The fourth-order valence-electron chi connectivity index (χ4n) is 4.75. The molecule has 0 spiro atoms. The molecular formula is C21H21F6N7O3. The molecule has 1 saturated heterocycles. The fourth-order valence-corrected chi connectivity index (χ4v) is 4.75. The molecule has 3 aromatic rings. The van der Waals surface area contributed by atoms with E-state index >= 15 is 0 Å². The van der Waals surface area contributed by atoms with E-state index in [0.717, 1.165) is 25.0 Å². The maximum Gasteiger partial charge on any atom is 0.573 e. The third-order valence-corrected chi connectivity index (χ3v) is 6.13. The van der Waals surface area contributed by atoms with Crippen molar-refractivity contribution in [1.29, 1.82) is 0 Å². The predicted molar refractivity (Wildman–Crippen MR) is 114 cm³/mol. The van der Waals surface area contributed by atoms with Gasteiger partial charge in [0.1, 0.15) is 18.0 Å². The SMILES string of the molecule is Cc1nnc(N2CC3CCC(C2)C3Nc2nc(Oc3cccc(OC(F)(F)F)c3)n(CC(F)(F)F)n2)o1. The lowest BCUT2D eigenvalue weighted by Gasteiger charge is -2.37. The smallest absolute Gasteiger partial charge is 0.424 e. The zero-order valence-electron chi connectivity index (χ0n) is 19.3. The number of aryl methyl sites for hydroxylation is 1. The number of benzene rings is 1. The molecule has 2 atom stereocenters. The van der Waals surface area contributed by atoms with Crippen molar-refractivity contribution in [2.24, 2.45) is 11.8 Å². The summed E-state index contributed by atoms with van der Waals surface area (Å²) in [5.74, 6) is -0.171. The molecule has 2 bridgehead atoms. The molecule has 16 heteroatoms. The molecule has 2 aromatic heterocycles. The van der Waals surface area contributed by atoms with E-state index in [4.69, 9.17) is 9.15 Å². The first kappa shape index (κ1) is 25.0. The van der Waals surface area contributed by atoms with Crippen LogP contribution in [0.25, 0.3) is 0 Å². The molecule has 5 rings (SSSR count). The van der Waals surface area contributed by atoms with E-state index < -0.39 is 30.8 Å². The molecule has 37 heavy (non-hydrogen) atoms. The summed E-state index contributed by atoms with van der Waals surface area (Å²) in [6, 6.07) is 4.17. The zero-order valence-corrected chi connectivity index (χ0v) is 19.3. The molecule has 2 aliphatic rings. The molecule has 1 N–H and O–H groups in total. The Kier molecular flexibility index (Phi) is 6.27. The molecule has 10 nitrogen and oxygen atoms in total. The van der Waals surface area contributed by atoms with Crippen LogP contribution in [0.5, 0.6) is 17.5 Å². The average molecular weight is 533 g/mol. The van der Waals surface area contributed by atoms with Gasteiger partial charge in [-0.15, -0.1) is 23.4 Å². The van der Waals surface area contributed by atoms with Gasteiger partial charge in [-0.3, -0.25) is 0 Å². The van der Waals surface area contributed by atoms with Gasteiger partial charge in [-0.25, -0.2) is 4.68 Å². The first-order chi connectivity index (χ1) is 17.4. The van der Waals surface area contributed by atoms with Crippen LogP contribution in [-0.4, -0.2) is 56.6 Å². The highest BCUT2D eigenvalue weighted by Crippen LogP contribution is 2.40. The number of anilines is 2. The van der Waals surface area contributed by atoms with Crippen LogP contribution in [0.15, 0.2) is 28.7 Å². The third kappa shape index (κ3) is 5.99. The Morgan fingerprint density at radius 2 is 1.76 bits per heavy atom. The van der Waals surface area contributed by atoms with Crippen molar-refractivity contribution < 1.29 is 40.2 Å². The standard InChI is InChI=1S/C21H21F6N7O3/c1-11-30-31-19(35-11)33-8-12-5-6-13(9-33)16(12)28-17-29-18(34(32-17)10-20(22,23)24)36-14-3-2-4-15(7-14)37-21(25,26)27/h2-4,7,12-13,16H,5-6,8-10H2,1H3,(H,28,32). The highest BCUT2D eigenvalue weighted by atomic mass is 19.4. The highest BCUT2D eigenvalue weighted by Gasteiger charge is 2.44. The zero-order chi connectivity index (χ0) is 26.4. The van der Waals surface area contributed by atoms with Gasteiger partial charge in [-0.05, 0) is 36.8 Å². The van der Waals surface area contributed by atoms with E-state index in [1.165, 1.54) is 12.1 Å². The van der Waals surface area contributed by atoms with Crippen LogP contribution in [0, 0.1) is 18.8 Å². The molecule has 1 aliphatic heterocycles. The number of nitrogens with one attached hydrogen (secondary N) is 1. The number of ether oxygens (including phenoxy) is 2. The van der Waals surface area contributed by atoms with E-state index in [1.54, 1.807) is 6.92 Å². The molecule has 0 amide bonds. The second-order valence-corrected chi connectivity index (χ2v) is 8.89. The van der Waals surface area contributed by atoms with Gasteiger partial charge in [0.15, 0.2) is 0 Å². The van der Waals surface area contributed by atoms with E-state index in [1.807, 2.05) is 4.90 Å². The molecular weight excluding hydrogens is 512 g/mol. The Balaban J connectivity index is 1.33. The number of alkyl halides is 6. The van der Waals surface area contributed by atoms with Gasteiger partial charge in [0.2, 0.25) is 11.8 Å². The summed E-state index contributed by atoms with van der Waals surface area (Å²) >= 11 is 0. The lowest BCUT2D eigenvalue weighted by Crippen LogP contribution is -2.48. The van der Waals surface area contributed by atoms with Crippen molar-refractivity contribution in [3.05, 3.63) is 30.2 Å². The van der Waals surface area contributed by atoms with Crippen LogP contribution in [0.3, 0.4) is 0 Å². The minimum Gasteiger partial charge on any atom is -0.424 e. The minimum absolute atomic E-state index is 0.0778. The predicted octanol–water partition coefficient (Wildman–Crippen LogP) is 4.55. The van der Waals surface area contributed by atoms with E-state index in [0.29, 0.717) is 29.7 Å². The summed E-state index contributed by atoms with van der Waals surface area (Å²) in [4.78, 5) is 6.05. The Hall–Kier alpha value is -3.72. The lowest BCUT2D eigenvalue weighted by molar-refractivity contribution is -0.274. The van der Waals surface area contributed by atoms with Gasteiger partial charge in [0.05, 0.1) is 0 Å². The third-order valence-electron chi connectivity index (χ3n) is 6.13. The molecule has 1 aliphatic carbocycles. The second kappa shape index (κ2) is 9.30. The van der Waals surface area contributed by atoms with Gasteiger partial charge in [0.25, 0.3) is 0 Å². The normalized spacial score (nSPS) is 21.8. The first-order valence-electron chi connectivity index (χ1n) is 11.3. The monoisotopic (exact) mass is 533 g/mol. The van der Waals surface area contributed by atoms with Gasteiger partial charge in [-0.1, -0.05) is 11.2 Å². The van der Waals surface area contributed by atoms with Gasteiger partial charge in [0, 0.05) is 32.1 Å². The summed E-state index contributed by atoms with van der Waals surface area (Å²) in [5, 5.41) is 15.0. The largest absolute Gasteiger partial charge is 0.573 e. The molecule has 0 radical (unpaired) electrons. The van der Waals surface area contributed by atoms with Gasteiger partial charge < -0.3 is 24.1 Å². The van der Waals surface area contributed by atoms with Crippen LogP contribution >= 0.6 is 0 Å². The quantitative estimate of drug-likeness (QED) is 0.438. The van der Waals surface area contributed by atoms with E-state index in [9.17, 15) is 26.3 Å². The Labute approximate surface area is 205 Å². The van der Waals surface area contributed by atoms with Crippen molar-refractivity contribution in [3.8, 4) is 17.5 Å². The molecule has 3 heterocycles. The van der Waals surface area contributed by atoms with Crippen LogP contribution in [0.2, 0.25) is 0 Å². The summed E-state index contributed by atoms with van der Waals surface area (Å²) in [6.07, 6.45) is -7.82. The fraction of sp³-hybridized carbons (Fsp3) is 0.524. The summed E-state index contributed by atoms with van der Waals surface area (Å²) in [7, 11) is 0. The summed E-state index contributed by atoms with van der Waals surface area (Å²) < 4.78 is 92.4. The lowest BCUT2D eigenvalue weighted by atomic mass is 9.92. The first-order valence-corrected chi connectivity index (χ1v) is 11.3. The average Bonchev–Trinajstić information content (AvgIpc) is 3.42. The number of halogens is 6. The Morgan fingerprint density at radius 1 is 1.05 bits per heavy atom. The molecule has 1 aromatic carbocycles. The summed E-state index contributed by atoms with van der Waals surface area (Å²) in [6.45, 7) is 1.40. The van der Waals surface area contributed by atoms with E-state index in [-0.39, 0.29) is 29.6 Å². The van der Waals surface area contributed by atoms with Crippen molar-refractivity contribution in [1.82, 2.24) is 25.0 Å². The van der Waals surface area contributed by atoms with Crippen molar-refractivity contribution in [3.63, 3.8) is 0 Å². The van der Waals surface area contributed by atoms with Crippen molar-refractivity contribution >= 4 is 12.0 Å². The topological polar surface area (TPSA) is 103 Å². The molecule has 200 valence electrons. The van der Waals surface area contributed by atoms with Crippen LogP contribution < -0.4 is 19.7 Å². The maximum absolute atomic E-state index is 13.2. The van der Waals surface area contributed by atoms with Crippen LogP contribution in [0.4, 0.5) is 38.3 Å². The molecule has 2 unspecified atom stereocenters. The number of fused-ring (bicyclic) bond motifs is 2. The molecule has 2 fully saturated rings. The highest BCUT2D eigenvalue weighted by molar-refractivity contribution is 5.37. The number of hydrogen-bond donors (Lipinski definition) is 1. The minimum atomic E-state index is -4.94. The van der Waals surface area contributed by atoms with E-state index in [2.05, 4.69) is 30.3 Å². The maximum atomic E-state index is 13.2. The summed E-state index contributed by atoms with van der Waals surface area (Å²) in [5.41, 5.74) is 0. The molecule has 1 saturated carbocycles. The van der Waals surface area contributed by atoms with Crippen molar-refractivity contribution in [2.45, 2.75) is 44.9 Å².